The van der Waals surface area contributed by atoms with Gasteiger partial charge in [-0.2, -0.15) is 0 Å². The van der Waals surface area contributed by atoms with Gasteiger partial charge in [-0.25, -0.2) is 0 Å². The summed E-state index contributed by atoms with van der Waals surface area (Å²) in [6.07, 6.45) is 8.45. The predicted molar refractivity (Wildman–Crippen MR) is 105 cm³/mol. The minimum atomic E-state index is 0.693. The van der Waals surface area contributed by atoms with Crippen LogP contribution in [0.4, 0.5) is 0 Å². The second-order valence-electron chi connectivity index (χ2n) is 6.35. The zero-order valence-electron chi connectivity index (χ0n) is 15.0. The molecule has 1 nitrogen and oxygen atoms in total. The fourth-order valence-electron chi connectivity index (χ4n) is 2.75. The average molecular weight is 345 g/mol. The Morgan fingerprint density at radius 3 is 2.17 bits per heavy atom. The van der Waals surface area contributed by atoms with E-state index in [4.69, 9.17) is 16.3 Å². The Morgan fingerprint density at radius 2 is 1.50 bits per heavy atom. The van der Waals surface area contributed by atoms with Crippen LogP contribution in [-0.4, -0.2) is 6.61 Å². The Bertz CT molecular complexity index is 604. The SMILES string of the molecule is CCCCCCOc1ccc(-c2ccc(CCCC)cc2)cc1Cl. The summed E-state index contributed by atoms with van der Waals surface area (Å²) in [5, 5.41) is 0.693. The molecule has 0 aliphatic rings. The minimum absolute atomic E-state index is 0.693. The Labute approximate surface area is 152 Å². The van der Waals surface area contributed by atoms with Crippen molar-refractivity contribution in [3.63, 3.8) is 0 Å². The second kappa shape index (κ2) is 10.4. The van der Waals surface area contributed by atoms with Crippen molar-refractivity contribution in [1.29, 1.82) is 0 Å². The van der Waals surface area contributed by atoms with E-state index in [0.717, 1.165) is 30.8 Å². The largest absolute Gasteiger partial charge is 0.492 e. The van der Waals surface area contributed by atoms with Crippen molar-refractivity contribution in [1.82, 2.24) is 0 Å². The summed E-state index contributed by atoms with van der Waals surface area (Å²) in [7, 11) is 0. The molecule has 0 saturated carbocycles. The van der Waals surface area contributed by atoms with E-state index in [1.54, 1.807) is 0 Å². The van der Waals surface area contributed by atoms with Gasteiger partial charge in [-0.05, 0) is 48.1 Å². The van der Waals surface area contributed by atoms with Gasteiger partial charge in [0.15, 0.2) is 0 Å². The van der Waals surface area contributed by atoms with Crippen molar-refractivity contribution in [2.24, 2.45) is 0 Å². The Morgan fingerprint density at radius 1 is 0.792 bits per heavy atom. The van der Waals surface area contributed by atoms with Gasteiger partial charge in [-0.15, -0.1) is 0 Å². The molecule has 2 heteroatoms. The molecule has 0 atom stereocenters. The van der Waals surface area contributed by atoms with Gasteiger partial charge < -0.3 is 4.74 Å². The summed E-state index contributed by atoms with van der Waals surface area (Å²) in [5.41, 5.74) is 3.74. The van der Waals surface area contributed by atoms with E-state index >= 15 is 0 Å². The van der Waals surface area contributed by atoms with Gasteiger partial charge in [0.25, 0.3) is 0 Å². The molecule has 0 bridgehead atoms. The van der Waals surface area contributed by atoms with Gasteiger partial charge in [-0.1, -0.05) is 81.5 Å². The topological polar surface area (TPSA) is 9.23 Å². The van der Waals surface area contributed by atoms with Crippen molar-refractivity contribution in [2.45, 2.75) is 58.8 Å². The van der Waals surface area contributed by atoms with Gasteiger partial charge in [0.05, 0.1) is 11.6 Å². The van der Waals surface area contributed by atoms with Crippen LogP contribution in [-0.2, 0) is 6.42 Å². The van der Waals surface area contributed by atoms with Crippen LogP contribution in [0.15, 0.2) is 42.5 Å². The van der Waals surface area contributed by atoms with Crippen molar-refractivity contribution >= 4 is 11.6 Å². The molecule has 130 valence electrons. The molecule has 2 rings (SSSR count). The van der Waals surface area contributed by atoms with Crippen LogP contribution in [0.25, 0.3) is 11.1 Å². The van der Waals surface area contributed by atoms with Crippen LogP contribution < -0.4 is 4.74 Å². The first-order chi connectivity index (χ1) is 11.7. The second-order valence-corrected chi connectivity index (χ2v) is 6.76. The van der Waals surface area contributed by atoms with E-state index in [1.807, 2.05) is 12.1 Å². The van der Waals surface area contributed by atoms with Crippen molar-refractivity contribution in [2.75, 3.05) is 6.61 Å². The normalized spacial score (nSPS) is 10.8. The molecule has 0 spiro atoms. The highest BCUT2D eigenvalue weighted by molar-refractivity contribution is 6.32. The zero-order valence-corrected chi connectivity index (χ0v) is 15.7. The molecule has 0 aliphatic heterocycles. The molecule has 0 saturated heterocycles. The highest BCUT2D eigenvalue weighted by Gasteiger charge is 2.05. The van der Waals surface area contributed by atoms with Crippen LogP contribution in [0, 0.1) is 0 Å². The molecule has 0 heterocycles. The molecule has 0 fully saturated rings. The van der Waals surface area contributed by atoms with Crippen molar-refractivity contribution in [3.05, 3.63) is 53.1 Å². The van der Waals surface area contributed by atoms with Crippen molar-refractivity contribution in [3.8, 4) is 16.9 Å². The number of unbranched alkanes of at least 4 members (excludes halogenated alkanes) is 4. The number of hydrogen-bond acceptors (Lipinski definition) is 1. The van der Waals surface area contributed by atoms with Crippen LogP contribution in [0.3, 0.4) is 0 Å². The van der Waals surface area contributed by atoms with E-state index in [-0.39, 0.29) is 0 Å². The molecule has 0 unspecified atom stereocenters. The fraction of sp³-hybridized carbons (Fsp3) is 0.455. The zero-order chi connectivity index (χ0) is 17.2. The molecule has 2 aromatic rings. The number of rotatable bonds is 10. The first-order valence-corrected chi connectivity index (χ1v) is 9.64. The number of benzene rings is 2. The van der Waals surface area contributed by atoms with E-state index in [9.17, 15) is 0 Å². The first kappa shape index (κ1) is 18.9. The Balaban J connectivity index is 1.95. The summed E-state index contributed by atoms with van der Waals surface area (Å²) >= 11 is 6.39. The molecular weight excluding hydrogens is 316 g/mol. The van der Waals surface area contributed by atoms with E-state index in [0.29, 0.717) is 5.02 Å². The molecule has 2 aromatic carbocycles. The molecule has 0 amide bonds. The lowest BCUT2D eigenvalue weighted by Gasteiger charge is -2.10. The van der Waals surface area contributed by atoms with Crippen molar-refractivity contribution < 1.29 is 4.74 Å². The molecule has 0 aromatic heterocycles. The first-order valence-electron chi connectivity index (χ1n) is 9.26. The average Bonchev–Trinajstić information content (AvgIpc) is 2.61. The lowest BCUT2D eigenvalue weighted by molar-refractivity contribution is 0.305. The summed E-state index contributed by atoms with van der Waals surface area (Å²) in [6, 6.07) is 14.9. The fourth-order valence-corrected chi connectivity index (χ4v) is 2.99. The third-order valence-electron chi connectivity index (χ3n) is 4.29. The van der Waals surface area contributed by atoms with Gasteiger partial charge in [0.1, 0.15) is 5.75 Å². The lowest BCUT2D eigenvalue weighted by Crippen LogP contribution is -1.97. The molecule has 0 radical (unpaired) electrons. The van der Waals surface area contributed by atoms with Crippen LogP contribution in [0.5, 0.6) is 5.75 Å². The van der Waals surface area contributed by atoms with E-state index in [2.05, 4.69) is 44.2 Å². The molecular formula is C22H29ClO. The number of halogens is 1. The smallest absolute Gasteiger partial charge is 0.137 e. The summed E-state index contributed by atoms with van der Waals surface area (Å²) < 4.78 is 5.81. The van der Waals surface area contributed by atoms with Crippen LogP contribution >= 0.6 is 11.6 Å². The van der Waals surface area contributed by atoms with Gasteiger partial charge in [0.2, 0.25) is 0 Å². The van der Waals surface area contributed by atoms with E-state index < -0.39 is 0 Å². The maximum absolute atomic E-state index is 6.39. The van der Waals surface area contributed by atoms with Crippen LogP contribution in [0.1, 0.15) is 57.9 Å². The molecule has 24 heavy (non-hydrogen) atoms. The molecule has 0 N–H and O–H groups in total. The van der Waals surface area contributed by atoms with E-state index in [1.165, 1.54) is 43.2 Å². The summed E-state index contributed by atoms with van der Waals surface area (Å²) in [5.74, 6) is 0.788. The number of ether oxygens (including phenoxy) is 1. The van der Waals surface area contributed by atoms with Crippen LogP contribution in [0.2, 0.25) is 5.02 Å². The Kier molecular flexibility index (Phi) is 8.18. The summed E-state index contributed by atoms with van der Waals surface area (Å²) in [4.78, 5) is 0. The van der Waals surface area contributed by atoms with Gasteiger partial charge >= 0.3 is 0 Å². The standard InChI is InChI=1S/C22H29ClO/c1-3-5-7-8-16-24-22-15-14-20(17-21(22)23)19-12-10-18(11-13-19)9-6-4-2/h10-15,17H,3-9,16H2,1-2H3. The van der Waals surface area contributed by atoms with Gasteiger partial charge in [-0.3, -0.25) is 0 Å². The maximum atomic E-state index is 6.39. The monoisotopic (exact) mass is 344 g/mol. The minimum Gasteiger partial charge on any atom is -0.492 e. The third-order valence-corrected chi connectivity index (χ3v) is 4.59. The quantitative estimate of drug-likeness (QED) is 0.410. The number of hydrogen-bond donors (Lipinski definition) is 0. The summed E-state index contributed by atoms with van der Waals surface area (Å²) in [6.45, 7) is 5.18. The van der Waals surface area contributed by atoms with Gasteiger partial charge in [0, 0.05) is 0 Å². The predicted octanol–water partition coefficient (Wildman–Crippen LogP) is 7.31. The number of aryl methyl sites for hydroxylation is 1. The molecule has 0 aliphatic carbocycles. The highest BCUT2D eigenvalue weighted by Crippen LogP contribution is 2.30. The third kappa shape index (κ3) is 5.87. The highest BCUT2D eigenvalue weighted by atomic mass is 35.5. The maximum Gasteiger partial charge on any atom is 0.137 e. The lowest BCUT2D eigenvalue weighted by atomic mass is 10.0. The Hall–Kier alpha value is -1.47.